The van der Waals surface area contributed by atoms with Gasteiger partial charge in [0.2, 0.25) is 0 Å². The third-order valence-corrected chi connectivity index (χ3v) is 2.95. The molecule has 16 heavy (non-hydrogen) atoms. The zero-order chi connectivity index (χ0) is 11.8. The van der Waals surface area contributed by atoms with Gasteiger partial charge in [0.15, 0.2) is 0 Å². The van der Waals surface area contributed by atoms with E-state index in [9.17, 15) is 0 Å². The van der Waals surface area contributed by atoms with Crippen LogP contribution in [-0.2, 0) is 5.75 Å². The number of nitrogens with two attached hydrogens (primary N) is 1. The second-order valence-electron chi connectivity index (χ2n) is 3.81. The minimum atomic E-state index is 0.723. The maximum Gasteiger partial charge on any atom is 0.126 e. The number of furan rings is 1. The molecule has 0 aliphatic heterocycles. The van der Waals surface area contributed by atoms with E-state index in [1.54, 1.807) is 11.8 Å². The Morgan fingerprint density at radius 1 is 1.44 bits per heavy atom. The molecule has 4 heteroatoms. The molecule has 0 saturated carbocycles. The first-order chi connectivity index (χ1) is 7.72. The number of nitrogens with zero attached hydrogens (tertiary/aromatic N) is 1. The van der Waals surface area contributed by atoms with Crippen molar-refractivity contribution in [3.05, 3.63) is 29.7 Å². The number of hydrogen-bond donors (Lipinski definition) is 1. The summed E-state index contributed by atoms with van der Waals surface area (Å²) in [6, 6.07) is 4.03. The number of hydrogen-bond acceptors (Lipinski definition) is 4. The summed E-state index contributed by atoms with van der Waals surface area (Å²) in [6.07, 6.45) is 4.10. The predicted molar refractivity (Wildman–Crippen MR) is 71.5 cm³/mol. The first kappa shape index (κ1) is 13.4. The maximum atomic E-state index is 5.65. The summed E-state index contributed by atoms with van der Waals surface area (Å²) in [5, 5.41) is 0. The third-order valence-electron chi connectivity index (χ3n) is 1.94. The Labute approximate surface area is 102 Å². The lowest BCUT2D eigenvalue weighted by atomic mass is 10.4. The molecule has 0 spiro atoms. The highest BCUT2D eigenvalue weighted by Crippen LogP contribution is 2.15. The van der Waals surface area contributed by atoms with Crippen LogP contribution in [0.1, 0.15) is 11.5 Å². The highest BCUT2D eigenvalue weighted by Gasteiger charge is 1.99. The van der Waals surface area contributed by atoms with Crippen molar-refractivity contribution in [2.45, 2.75) is 5.75 Å². The van der Waals surface area contributed by atoms with Gasteiger partial charge in [-0.2, -0.15) is 11.8 Å². The van der Waals surface area contributed by atoms with Gasteiger partial charge in [-0.1, -0.05) is 6.08 Å². The van der Waals surface area contributed by atoms with Crippen molar-refractivity contribution >= 4 is 17.8 Å². The van der Waals surface area contributed by atoms with Gasteiger partial charge in [-0.05, 0) is 32.3 Å². The predicted octanol–water partition coefficient (Wildman–Crippen LogP) is 2.05. The maximum absolute atomic E-state index is 5.65. The van der Waals surface area contributed by atoms with E-state index in [4.69, 9.17) is 10.2 Å². The molecule has 0 bridgehead atoms. The van der Waals surface area contributed by atoms with Gasteiger partial charge in [-0.15, -0.1) is 0 Å². The lowest BCUT2D eigenvalue weighted by Crippen LogP contribution is -2.10. The van der Waals surface area contributed by atoms with Crippen molar-refractivity contribution in [3.63, 3.8) is 0 Å². The van der Waals surface area contributed by atoms with Crippen LogP contribution < -0.4 is 5.73 Å². The van der Waals surface area contributed by atoms with Crippen LogP contribution in [0.25, 0.3) is 6.08 Å². The van der Waals surface area contributed by atoms with Gasteiger partial charge < -0.3 is 15.1 Å². The molecule has 90 valence electrons. The summed E-state index contributed by atoms with van der Waals surface area (Å²) in [6.45, 7) is 1.65. The fourth-order valence-electron chi connectivity index (χ4n) is 1.20. The fourth-order valence-corrected chi connectivity index (χ4v) is 1.86. The molecule has 1 rings (SSSR count). The second-order valence-corrected chi connectivity index (χ2v) is 4.92. The number of thioether (sulfide) groups is 1. The van der Waals surface area contributed by atoms with Crippen LogP contribution >= 0.6 is 11.8 Å². The van der Waals surface area contributed by atoms with Crippen LogP contribution in [-0.4, -0.2) is 37.8 Å². The Bertz CT molecular complexity index is 321. The standard InChI is InChI=1S/C12H20N2OS/c1-14(2)8-3-4-11-5-6-12(15-11)10-16-9-7-13/h3-6H,7-10,13H2,1-2H3/b4-3+. The molecule has 0 atom stereocenters. The van der Waals surface area contributed by atoms with Crippen LogP contribution in [0.4, 0.5) is 0 Å². The van der Waals surface area contributed by atoms with Crippen LogP contribution in [0.5, 0.6) is 0 Å². The van der Waals surface area contributed by atoms with E-state index in [0.717, 1.165) is 36.1 Å². The van der Waals surface area contributed by atoms with Crippen molar-refractivity contribution in [1.29, 1.82) is 0 Å². The summed E-state index contributed by atoms with van der Waals surface area (Å²) in [5.74, 6) is 3.82. The molecular formula is C12H20N2OS. The number of likely N-dealkylation sites (N-methyl/N-ethyl adjacent to an activating group) is 1. The van der Waals surface area contributed by atoms with Crippen LogP contribution in [0, 0.1) is 0 Å². The van der Waals surface area contributed by atoms with Gasteiger partial charge in [0.1, 0.15) is 11.5 Å². The molecule has 0 fully saturated rings. The van der Waals surface area contributed by atoms with Gasteiger partial charge in [0, 0.05) is 18.8 Å². The summed E-state index contributed by atoms with van der Waals surface area (Å²) in [4.78, 5) is 2.11. The van der Waals surface area contributed by atoms with E-state index in [1.165, 1.54) is 0 Å². The SMILES string of the molecule is CN(C)C/C=C/c1ccc(CSCCN)o1. The van der Waals surface area contributed by atoms with Crippen LogP contribution in [0.3, 0.4) is 0 Å². The van der Waals surface area contributed by atoms with E-state index in [-0.39, 0.29) is 0 Å². The molecule has 0 aliphatic carbocycles. The van der Waals surface area contributed by atoms with Gasteiger partial charge in [-0.3, -0.25) is 0 Å². The quantitative estimate of drug-likeness (QED) is 0.741. The van der Waals surface area contributed by atoms with Crippen molar-refractivity contribution in [2.75, 3.05) is 32.9 Å². The largest absolute Gasteiger partial charge is 0.461 e. The first-order valence-electron chi connectivity index (χ1n) is 5.40. The molecule has 3 nitrogen and oxygen atoms in total. The Morgan fingerprint density at radius 2 is 2.25 bits per heavy atom. The van der Waals surface area contributed by atoms with Crippen molar-refractivity contribution in [2.24, 2.45) is 5.73 Å². The normalized spacial score (nSPS) is 11.8. The molecule has 0 unspecified atom stereocenters. The Morgan fingerprint density at radius 3 is 2.94 bits per heavy atom. The minimum absolute atomic E-state index is 0.723. The van der Waals surface area contributed by atoms with Gasteiger partial charge in [0.25, 0.3) is 0 Å². The Kier molecular flexibility index (Phi) is 6.30. The average Bonchev–Trinajstić information content (AvgIpc) is 2.66. The fraction of sp³-hybridized carbons (Fsp3) is 0.500. The van der Waals surface area contributed by atoms with E-state index >= 15 is 0 Å². The average molecular weight is 240 g/mol. The van der Waals surface area contributed by atoms with Gasteiger partial charge >= 0.3 is 0 Å². The van der Waals surface area contributed by atoms with Crippen molar-refractivity contribution in [1.82, 2.24) is 4.90 Å². The lowest BCUT2D eigenvalue weighted by molar-refractivity contribution is 0.456. The zero-order valence-corrected chi connectivity index (χ0v) is 10.8. The Balaban J connectivity index is 2.36. The summed E-state index contributed by atoms with van der Waals surface area (Å²) >= 11 is 1.80. The summed E-state index contributed by atoms with van der Waals surface area (Å²) in [5.41, 5.74) is 5.42. The molecule has 1 aromatic rings. The Hall–Kier alpha value is -0.710. The molecule has 0 saturated heterocycles. The topological polar surface area (TPSA) is 42.4 Å². The molecular weight excluding hydrogens is 220 g/mol. The van der Waals surface area contributed by atoms with Crippen molar-refractivity contribution < 1.29 is 4.42 Å². The molecule has 1 heterocycles. The highest BCUT2D eigenvalue weighted by atomic mass is 32.2. The van der Waals surface area contributed by atoms with E-state index in [0.29, 0.717) is 0 Å². The molecule has 0 amide bonds. The van der Waals surface area contributed by atoms with Gasteiger partial charge in [0.05, 0.1) is 5.75 Å². The molecule has 0 aliphatic rings. The molecule has 0 radical (unpaired) electrons. The molecule has 1 aromatic heterocycles. The minimum Gasteiger partial charge on any atom is -0.461 e. The highest BCUT2D eigenvalue weighted by molar-refractivity contribution is 7.98. The monoisotopic (exact) mass is 240 g/mol. The zero-order valence-electron chi connectivity index (χ0n) is 9.98. The van der Waals surface area contributed by atoms with Gasteiger partial charge in [-0.25, -0.2) is 0 Å². The smallest absolute Gasteiger partial charge is 0.126 e. The van der Waals surface area contributed by atoms with Crippen LogP contribution in [0.2, 0.25) is 0 Å². The van der Waals surface area contributed by atoms with Crippen molar-refractivity contribution in [3.8, 4) is 0 Å². The second kappa shape index (κ2) is 7.54. The molecule has 2 N–H and O–H groups in total. The van der Waals surface area contributed by atoms with E-state index < -0.39 is 0 Å². The molecule has 0 aromatic carbocycles. The number of rotatable bonds is 7. The first-order valence-corrected chi connectivity index (χ1v) is 6.55. The lowest BCUT2D eigenvalue weighted by Gasteiger charge is -2.02. The summed E-state index contributed by atoms with van der Waals surface area (Å²) in [7, 11) is 4.09. The summed E-state index contributed by atoms with van der Waals surface area (Å²) < 4.78 is 5.65. The van der Waals surface area contributed by atoms with Crippen LogP contribution in [0.15, 0.2) is 22.6 Å². The third kappa shape index (κ3) is 5.39. The van der Waals surface area contributed by atoms with E-state index in [2.05, 4.69) is 11.0 Å². The van der Waals surface area contributed by atoms with E-state index in [1.807, 2.05) is 32.3 Å².